The summed E-state index contributed by atoms with van der Waals surface area (Å²) in [5.74, 6) is 0.852. The van der Waals surface area contributed by atoms with Crippen LogP contribution >= 0.6 is 0 Å². The van der Waals surface area contributed by atoms with Gasteiger partial charge >= 0.3 is 6.03 Å². The number of methoxy groups -OCH3 is 1. The van der Waals surface area contributed by atoms with Crippen molar-refractivity contribution in [2.24, 2.45) is 0 Å². The van der Waals surface area contributed by atoms with Crippen LogP contribution < -0.4 is 15.0 Å². The lowest BCUT2D eigenvalue weighted by Crippen LogP contribution is -2.51. The predicted molar refractivity (Wildman–Crippen MR) is 117 cm³/mol. The quantitative estimate of drug-likeness (QED) is 0.685. The molecule has 1 saturated heterocycles. The summed E-state index contributed by atoms with van der Waals surface area (Å²) in [5.41, 5.74) is 3.41. The van der Waals surface area contributed by atoms with E-state index in [1.54, 1.807) is 13.3 Å². The first-order chi connectivity index (χ1) is 14.7. The van der Waals surface area contributed by atoms with Crippen molar-refractivity contribution < 1.29 is 9.53 Å². The van der Waals surface area contributed by atoms with Gasteiger partial charge in [-0.3, -0.25) is 4.68 Å². The van der Waals surface area contributed by atoms with E-state index in [2.05, 4.69) is 39.6 Å². The van der Waals surface area contributed by atoms with Gasteiger partial charge in [-0.05, 0) is 41.5 Å². The van der Waals surface area contributed by atoms with Gasteiger partial charge in [0.05, 0.1) is 13.7 Å². The molecule has 0 spiro atoms. The van der Waals surface area contributed by atoms with Crippen LogP contribution in [-0.2, 0) is 13.1 Å². The molecule has 0 saturated carbocycles. The van der Waals surface area contributed by atoms with E-state index < -0.39 is 0 Å². The Morgan fingerprint density at radius 3 is 2.50 bits per heavy atom. The van der Waals surface area contributed by atoms with Crippen LogP contribution in [0.5, 0.6) is 5.75 Å². The van der Waals surface area contributed by atoms with E-state index in [9.17, 15) is 4.79 Å². The number of rotatable bonds is 6. The van der Waals surface area contributed by atoms with Crippen molar-refractivity contribution in [3.63, 3.8) is 0 Å². The molecule has 1 aromatic heterocycles. The van der Waals surface area contributed by atoms with Crippen LogP contribution in [0, 0.1) is 0 Å². The fourth-order valence-electron chi connectivity index (χ4n) is 3.67. The molecule has 3 aromatic rings. The van der Waals surface area contributed by atoms with E-state index >= 15 is 0 Å². The zero-order chi connectivity index (χ0) is 20.8. The molecular weight excluding hydrogens is 378 g/mol. The summed E-state index contributed by atoms with van der Waals surface area (Å²) in [7, 11) is 1.67. The van der Waals surface area contributed by atoms with Gasteiger partial charge in [-0.1, -0.05) is 24.3 Å². The third-order valence-corrected chi connectivity index (χ3v) is 5.34. The molecule has 1 aliphatic heterocycles. The summed E-state index contributed by atoms with van der Waals surface area (Å²) < 4.78 is 7.11. The smallest absolute Gasteiger partial charge is 0.317 e. The molecule has 0 unspecified atom stereocenters. The van der Waals surface area contributed by atoms with Crippen LogP contribution in [-0.4, -0.2) is 54.0 Å². The van der Waals surface area contributed by atoms with Gasteiger partial charge < -0.3 is 19.9 Å². The number of ether oxygens (including phenoxy) is 1. The van der Waals surface area contributed by atoms with E-state index in [0.717, 1.165) is 36.6 Å². The summed E-state index contributed by atoms with van der Waals surface area (Å²) in [6.45, 7) is 4.29. The standard InChI is InChI=1S/C23H27N5O2/c1-30-22-8-6-21(7-9-22)26-12-14-27(15-13-26)23(29)24-17-19-4-2-5-20(16-19)18-28-11-3-10-25-28/h2-11,16H,12-15,17-18H2,1H3,(H,24,29). The molecule has 0 bridgehead atoms. The first-order valence-corrected chi connectivity index (χ1v) is 10.2. The molecule has 4 rings (SSSR count). The number of nitrogens with zero attached hydrogens (tertiary/aromatic N) is 4. The molecule has 1 aliphatic rings. The molecule has 7 nitrogen and oxygen atoms in total. The SMILES string of the molecule is COc1ccc(N2CCN(C(=O)NCc3cccc(Cn4cccn4)c3)CC2)cc1. The Hall–Kier alpha value is -3.48. The largest absolute Gasteiger partial charge is 0.497 e. The number of amides is 2. The number of urea groups is 1. The maximum absolute atomic E-state index is 12.6. The van der Waals surface area contributed by atoms with Crippen LogP contribution in [0.3, 0.4) is 0 Å². The topological polar surface area (TPSA) is 62.6 Å². The van der Waals surface area contributed by atoms with E-state index in [4.69, 9.17) is 4.74 Å². The Balaban J connectivity index is 1.26. The minimum absolute atomic E-state index is 0.0122. The zero-order valence-corrected chi connectivity index (χ0v) is 17.2. The second-order valence-electron chi connectivity index (χ2n) is 7.35. The lowest BCUT2D eigenvalue weighted by atomic mass is 10.1. The van der Waals surface area contributed by atoms with Crippen LogP contribution in [0.25, 0.3) is 0 Å². The molecule has 2 heterocycles. The molecule has 7 heteroatoms. The van der Waals surface area contributed by atoms with Crippen molar-refractivity contribution in [3.05, 3.63) is 78.1 Å². The van der Waals surface area contributed by atoms with Gasteiger partial charge in [0.1, 0.15) is 5.75 Å². The number of anilines is 1. The third kappa shape index (κ3) is 4.92. The van der Waals surface area contributed by atoms with Crippen molar-refractivity contribution in [1.29, 1.82) is 0 Å². The predicted octanol–water partition coefficient (Wildman–Crippen LogP) is 2.97. The average molecular weight is 406 g/mol. The summed E-state index contributed by atoms with van der Waals surface area (Å²) in [4.78, 5) is 16.8. The molecule has 30 heavy (non-hydrogen) atoms. The third-order valence-electron chi connectivity index (χ3n) is 5.34. The molecule has 156 valence electrons. The van der Waals surface area contributed by atoms with Gasteiger partial charge in [-0.15, -0.1) is 0 Å². The first-order valence-electron chi connectivity index (χ1n) is 10.2. The minimum atomic E-state index is -0.0122. The van der Waals surface area contributed by atoms with E-state index in [-0.39, 0.29) is 6.03 Å². The molecule has 2 amide bonds. The number of carbonyl (C=O) groups is 1. The monoisotopic (exact) mass is 405 g/mol. The lowest BCUT2D eigenvalue weighted by molar-refractivity contribution is 0.194. The Kier molecular flexibility index (Phi) is 6.17. The van der Waals surface area contributed by atoms with Gasteiger partial charge in [-0.25, -0.2) is 4.79 Å². The normalized spacial score (nSPS) is 13.9. The van der Waals surface area contributed by atoms with E-state index in [1.165, 1.54) is 5.56 Å². The number of hydrogen-bond donors (Lipinski definition) is 1. The summed E-state index contributed by atoms with van der Waals surface area (Å²) >= 11 is 0. The second kappa shape index (κ2) is 9.35. The molecule has 0 atom stereocenters. The number of nitrogens with one attached hydrogen (secondary N) is 1. The van der Waals surface area contributed by atoms with Crippen molar-refractivity contribution >= 4 is 11.7 Å². The number of benzene rings is 2. The highest BCUT2D eigenvalue weighted by atomic mass is 16.5. The molecule has 1 fully saturated rings. The summed E-state index contributed by atoms with van der Waals surface area (Å²) in [6, 6.07) is 18.2. The molecule has 2 aromatic carbocycles. The van der Waals surface area contributed by atoms with Crippen molar-refractivity contribution in [2.45, 2.75) is 13.1 Å². The minimum Gasteiger partial charge on any atom is -0.497 e. The van der Waals surface area contributed by atoms with Gasteiger partial charge in [-0.2, -0.15) is 5.10 Å². The highest BCUT2D eigenvalue weighted by molar-refractivity contribution is 5.74. The van der Waals surface area contributed by atoms with E-state index in [0.29, 0.717) is 19.6 Å². The summed E-state index contributed by atoms with van der Waals surface area (Å²) in [5, 5.41) is 7.30. The summed E-state index contributed by atoms with van der Waals surface area (Å²) in [6.07, 6.45) is 3.72. The van der Waals surface area contributed by atoms with Gasteiger partial charge in [0.15, 0.2) is 0 Å². The molecule has 0 aliphatic carbocycles. The van der Waals surface area contributed by atoms with Crippen molar-refractivity contribution in [2.75, 3.05) is 38.2 Å². The van der Waals surface area contributed by atoms with Gasteiger partial charge in [0, 0.05) is 50.8 Å². The fourth-order valence-corrected chi connectivity index (χ4v) is 3.67. The maximum atomic E-state index is 12.6. The number of piperazine rings is 1. The van der Waals surface area contributed by atoms with Crippen LogP contribution in [0.2, 0.25) is 0 Å². The van der Waals surface area contributed by atoms with Crippen LogP contribution in [0.15, 0.2) is 67.0 Å². The lowest BCUT2D eigenvalue weighted by Gasteiger charge is -2.36. The van der Waals surface area contributed by atoms with E-state index in [1.807, 2.05) is 46.1 Å². The molecule has 1 N–H and O–H groups in total. The Morgan fingerprint density at radius 2 is 1.80 bits per heavy atom. The highest BCUT2D eigenvalue weighted by Gasteiger charge is 2.21. The highest BCUT2D eigenvalue weighted by Crippen LogP contribution is 2.20. The molecular formula is C23H27N5O2. The number of aromatic nitrogens is 2. The Morgan fingerprint density at radius 1 is 1.03 bits per heavy atom. The maximum Gasteiger partial charge on any atom is 0.317 e. The average Bonchev–Trinajstić information content (AvgIpc) is 3.31. The van der Waals surface area contributed by atoms with Crippen molar-refractivity contribution in [3.8, 4) is 5.75 Å². The van der Waals surface area contributed by atoms with Crippen molar-refractivity contribution in [1.82, 2.24) is 20.0 Å². The Labute approximate surface area is 176 Å². The van der Waals surface area contributed by atoms with Gasteiger partial charge in [0.2, 0.25) is 0 Å². The van der Waals surface area contributed by atoms with Crippen LogP contribution in [0.4, 0.5) is 10.5 Å². The van der Waals surface area contributed by atoms with Crippen LogP contribution in [0.1, 0.15) is 11.1 Å². The molecule has 0 radical (unpaired) electrons. The zero-order valence-electron chi connectivity index (χ0n) is 17.2. The number of carbonyl (C=O) groups excluding carboxylic acids is 1. The van der Waals surface area contributed by atoms with Gasteiger partial charge in [0.25, 0.3) is 0 Å². The fraction of sp³-hybridized carbons (Fsp3) is 0.304. The number of hydrogen-bond acceptors (Lipinski definition) is 4. The first kappa shape index (κ1) is 19.8. The second-order valence-corrected chi connectivity index (χ2v) is 7.35. The Bertz CT molecular complexity index is 948.